The van der Waals surface area contributed by atoms with E-state index >= 15 is 0 Å². The van der Waals surface area contributed by atoms with E-state index in [2.05, 4.69) is 27.3 Å². The van der Waals surface area contributed by atoms with Crippen molar-refractivity contribution in [2.24, 2.45) is 11.8 Å². The number of amides is 4. The second-order valence-corrected chi connectivity index (χ2v) is 19.3. The first-order valence-electron chi connectivity index (χ1n) is 21.9. The summed E-state index contributed by atoms with van der Waals surface area (Å²) >= 11 is 39.2. The number of carboxylic acid groups (broad SMARTS) is 1. The van der Waals surface area contributed by atoms with Crippen LogP contribution in [0.5, 0.6) is 0 Å². The fourth-order valence-electron chi connectivity index (χ4n) is 9.67. The normalized spacial score (nSPS) is 19.5. The monoisotopic (exact) mass is 1040 g/mol. The molecule has 2 unspecified atom stereocenters. The van der Waals surface area contributed by atoms with Gasteiger partial charge in [0.1, 0.15) is 0 Å². The number of benzene rings is 6. The van der Waals surface area contributed by atoms with Gasteiger partial charge in [-0.2, -0.15) is 0 Å². The van der Waals surface area contributed by atoms with Crippen molar-refractivity contribution in [1.82, 2.24) is 21.3 Å². The van der Waals surface area contributed by atoms with E-state index in [0.29, 0.717) is 85.6 Å². The van der Waals surface area contributed by atoms with Gasteiger partial charge in [-0.25, -0.2) is 9.59 Å². The van der Waals surface area contributed by atoms with Gasteiger partial charge in [0.05, 0.1) is 61.8 Å². The second kappa shape index (κ2) is 20.4. The number of nitrogens with zero attached hydrogens (tertiary/aromatic N) is 2. The van der Waals surface area contributed by atoms with Crippen LogP contribution in [0.2, 0.25) is 30.1 Å². The molecule has 0 saturated carbocycles. The molecule has 5 N–H and O–H groups in total. The van der Waals surface area contributed by atoms with E-state index < -0.39 is 11.9 Å². The van der Waals surface area contributed by atoms with E-state index in [1.54, 1.807) is 42.5 Å². The van der Waals surface area contributed by atoms with Gasteiger partial charge in [0.2, 0.25) is 0 Å². The molecule has 0 radical (unpaired) electrons. The first-order valence-corrected chi connectivity index (χ1v) is 24.1. The van der Waals surface area contributed by atoms with Crippen LogP contribution in [-0.4, -0.2) is 62.4 Å². The lowest BCUT2D eigenvalue weighted by molar-refractivity contribution is -0.145. The third kappa shape index (κ3) is 9.33. The number of carbonyl (C=O) groups is 4. The summed E-state index contributed by atoms with van der Waals surface area (Å²) in [5.74, 6) is -2.52. The number of methoxy groups -OCH3 is 1. The van der Waals surface area contributed by atoms with Crippen LogP contribution in [0.3, 0.4) is 0 Å². The molecule has 354 valence electrons. The van der Waals surface area contributed by atoms with E-state index in [4.69, 9.17) is 74.3 Å². The molecule has 2 fully saturated rings. The molecule has 0 aromatic heterocycles. The van der Waals surface area contributed by atoms with Gasteiger partial charge in [-0.05, 0) is 70.8 Å². The number of aliphatic carboxylic acids is 1. The van der Waals surface area contributed by atoms with Crippen LogP contribution in [0.1, 0.15) is 34.1 Å². The maximum absolute atomic E-state index is 13.2. The second-order valence-electron chi connectivity index (χ2n) is 16.8. The Kier molecular flexibility index (Phi) is 14.4. The van der Waals surface area contributed by atoms with Gasteiger partial charge < -0.3 is 31.1 Å². The summed E-state index contributed by atoms with van der Waals surface area (Å²) in [7, 11) is 1.39. The quantitative estimate of drug-likeness (QED) is 0.0945. The minimum Gasteiger partial charge on any atom is -0.481 e. The number of hydrogen-bond donors (Lipinski definition) is 5. The first kappa shape index (κ1) is 48.5. The fraction of sp³-hybridized carbons (Fsp3) is 0.216. The van der Waals surface area contributed by atoms with Gasteiger partial charge in [-0.1, -0.05) is 130 Å². The van der Waals surface area contributed by atoms with Crippen LogP contribution in [0.4, 0.5) is 32.3 Å². The van der Waals surface area contributed by atoms with E-state index in [0.717, 1.165) is 44.5 Å². The Balaban J connectivity index is 0.000000172. The standard InChI is InChI=1S/C26H22Cl3N3O3.C25H20Cl3N3O3/c1-35-25(33)19-12-30-11-17(19)14-9-16(15-5-2-3-6-20(15)27)18-13-31-26(34)32(23(18)10-14)24-21(28)7-4-8-22(24)29;26-19-5-2-1-4-14(19)15-8-13(16-10-29-11-18(16)24(32)33)9-22-17(15)12-30-25(34)31(22)23-20(27)6-3-7-21(23)28/h2-10,17,19,30H,11-13H2,1H3,(H,31,34);1-9,16,18,29H,10-12H2,(H,30,34)(H,32,33)/t17?,19-;16?,18-/m00/s1. The molecule has 6 aromatic carbocycles. The molecular formula is C51H42Cl6N6O6. The number of rotatable bonds is 8. The molecule has 0 aliphatic carbocycles. The molecule has 4 heterocycles. The summed E-state index contributed by atoms with van der Waals surface area (Å²) in [5, 5.41) is 24.6. The van der Waals surface area contributed by atoms with E-state index in [-0.39, 0.29) is 42.3 Å². The molecular weight excluding hydrogens is 1010 g/mol. The minimum absolute atomic E-state index is 0.150. The number of urea groups is 2. The summed E-state index contributed by atoms with van der Waals surface area (Å²) < 4.78 is 5.06. The van der Waals surface area contributed by atoms with Crippen molar-refractivity contribution in [3.63, 3.8) is 0 Å². The Hall–Kier alpha value is -5.54. The van der Waals surface area contributed by atoms with Crippen LogP contribution in [-0.2, 0) is 27.4 Å². The van der Waals surface area contributed by atoms with Crippen molar-refractivity contribution in [1.29, 1.82) is 0 Å². The van der Waals surface area contributed by atoms with Crippen molar-refractivity contribution in [2.45, 2.75) is 24.9 Å². The Bertz CT molecular complexity index is 3010. The van der Waals surface area contributed by atoms with Gasteiger partial charge in [-0.15, -0.1) is 0 Å². The fourth-order valence-corrected chi connectivity index (χ4v) is 11.3. The van der Waals surface area contributed by atoms with Crippen LogP contribution >= 0.6 is 69.6 Å². The van der Waals surface area contributed by atoms with Gasteiger partial charge in [0, 0.05) is 83.4 Å². The highest BCUT2D eigenvalue weighted by molar-refractivity contribution is 6.41. The summed E-state index contributed by atoms with van der Waals surface area (Å²) in [4.78, 5) is 53.8. The Morgan fingerprint density at radius 1 is 0.536 bits per heavy atom. The van der Waals surface area contributed by atoms with E-state index in [9.17, 15) is 24.3 Å². The highest BCUT2D eigenvalue weighted by Gasteiger charge is 2.39. The number of carbonyl (C=O) groups excluding carboxylic acids is 3. The molecule has 10 rings (SSSR count). The van der Waals surface area contributed by atoms with Gasteiger partial charge in [0.25, 0.3) is 0 Å². The maximum Gasteiger partial charge on any atom is 0.326 e. The lowest BCUT2D eigenvalue weighted by atomic mass is 9.84. The Morgan fingerprint density at radius 2 is 0.928 bits per heavy atom. The first-order chi connectivity index (χ1) is 33.3. The number of nitrogens with one attached hydrogen (secondary N) is 4. The molecule has 6 aromatic rings. The summed E-state index contributed by atoms with van der Waals surface area (Å²) in [6.45, 7) is 2.57. The average molecular weight is 1050 g/mol. The Labute approximate surface area is 427 Å². The van der Waals surface area contributed by atoms with Crippen LogP contribution in [0, 0.1) is 11.8 Å². The molecule has 4 aliphatic rings. The van der Waals surface area contributed by atoms with Gasteiger partial charge >= 0.3 is 24.0 Å². The zero-order chi connectivity index (χ0) is 48.7. The predicted molar refractivity (Wildman–Crippen MR) is 273 cm³/mol. The van der Waals surface area contributed by atoms with Crippen LogP contribution in [0.15, 0.2) is 109 Å². The zero-order valence-corrected chi connectivity index (χ0v) is 41.1. The number of ether oxygens (including phenoxy) is 1. The topological polar surface area (TPSA) is 152 Å². The number of esters is 1. The smallest absolute Gasteiger partial charge is 0.326 e. The van der Waals surface area contributed by atoms with Crippen LogP contribution in [0.25, 0.3) is 22.3 Å². The van der Waals surface area contributed by atoms with Gasteiger partial charge in [-0.3, -0.25) is 19.4 Å². The summed E-state index contributed by atoms with van der Waals surface area (Å²) in [6.07, 6.45) is 0. The van der Waals surface area contributed by atoms with Crippen molar-refractivity contribution in [3.05, 3.63) is 162 Å². The van der Waals surface area contributed by atoms with Gasteiger partial charge in [0.15, 0.2) is 0 Å². The zero-order valence-electron chi connectivity index (χ0n) is 36.6. The lowest BCUT2D eigenvalue weighted by Crippen LogP contribution is -2.42. The number of hydrogen-bond acceptors (Lipinski definition) is 7. The largest absolute Gasteiger partial charge is 0.481 e. The summed E-state index contributed by atoms with van der Waals surface area (Å²) in [5.41, 5.74) is 8.72. The lowest BCUT2D eigenvalue weighted by Gasteiger charge is -2.34. The third-order valence-electron chi connectivity index (χ3n) is 13.0. The van der Waals surface area contributed by atoms with Crippen molar-refractivity contribution in [2.75, 3.05) is 43.1 Å². The number of carboxylic acids is 1. The average Bonchev–Trinajstić information content (AvgIpc) is 4.04. The van der Waals surface area contributed by atoms with Crippen molar-refractivity contribution >= 4 is 116 Å². The number of anilines is 4. The highest BCUT2D eigenvalue weighted by atomic mass is 35.5. The third-order valence-corrected chi connectivity index (χ3v) is 14.9. The maximum atomic E-state index is 13.2. The number of para-hydroxylation sites is 2. The van der Waals surface area contributed by atoms with Crippen LogP contribution < -0.4 is 31.1 Å². The molecule has 18 heteroatoms. The molecule has 69 heavy (non-hydrogen) atoms. The highest BCUT2D eigenvalue weighted by Crippen LogP contribution is 2.49. The molecule has 12 nitrogen and oxygen atoms in total. The number of fused-ring (bicyclic) bond motifs is 2. The Morgan fingerprint density at radius 3 is 1.33 bits per heavy atom. The van der Waals surface area contributed by atoms with E-state index in [1.165, 1.54) is 16.9 Å². The van der Waals surface area contributed by atoms with Crippen molar-refractivity contribution < 1.29 is 29.0 Å². The minimum atomic E-state index is -0.865. The molecule has 0 spiro atoms. The SMILES string of the molecule is COC(=O)[C@H]1CNCC1c1cc(-c2ccccc2Cl)c2c(c1)N(c1c(Cl)cccc1Cl)C(=O)NC2.O=C(O)[C@H]1CNCC1c1cc(-c2ccccc2Cl)c2c(c1)N(c1c(Cl)cccc1Cl)C(=O)NC2. The molecule has 4 atom stereocenters. The molecule has 4 amide bonds. The molecule has 0 bridgehead atoms. The van der Waals surface area contributed by atoms with Crippen molar-refractivity contribution in [3.8, 4) is 22.3 Å². The summed E-state index contributed by atoms with van der Waals surface area (Å²) in [6, 6.07) is 32.3. The number of halogens is 6. The van der Waals surface area contributed by atoms with E-state index in [1.807, 2.05) is 60.7 Å². The predicted octanol–water partition coefficient (Wildman–Crippen LogP) is 12.2. The molecule has 2 saturated heterocycles. The molecule has 4 aliphatic heterocycles.